The molecule has 0 radical (unpaired) electrons. The highest BCUT2D eigenvalue weighted by Gasteiger charge is 2.12. The highest BCUT2D eigenvalue weighted by Crippen LogP contribution is 2.24. The molecule has 25 heavy (non-hydrogen) atoms. The Labute approximate surface area is 151 Å². The van der Waals surface area contributed by atoms with E-state index in [2.05, 4.69) is 48.5 Å². The van der Waals surface area contributed by atoms with Crippen molar-refractivity contribution in [2.24, 2.45) is 4.99 Å². The summed E-state index contributed by atoms with van der Waals surface area (Å²) in [6.07, 6.45) is 0. The molecule has 6 nitrogen and oxygen atoms in total. The Morgan fingerprint density at radius 2 is 1.80 bits per heavy atom. The fourth-order valence-electron chi connectivity index (χ4n) is 2.02. The quantitative estimate of drug-likeness (QED) is 0.449. The zero-order chi connectivity index (χ0) is 18.9. The number of carbonyl (C=O) groups is 1. The lowest BCUT2D eigenvalue weighted by molar-refractivity contribution is -0.127. The van der Waals surface area contributed by atoms with Gasteiger partial charge in [-0.15, -0.1) is 0 Å². The smallest absolute Gasteiger partial charge is 0.243 e. The monoisotopic (exact) mass is 348 g/mol. The molecule has 0 saturated carbocycles. The Bertz CT molecular complexity index is 560. The molecule has 140 valence electrons. The van der Waals surface area contributed by atoms with Gasteiger partial charge in [-0.3, -0.25) is 4.79 Å². The Morgan fingerprint density at radius 3 is 2.32 bits per heavy atom. The highest BCUT2D eigenvalue weighted by atomic mass is 16.5. The van der Waals surface area contributed by atoms with Crippen LogP contribution >= 0.6 is 0 Å². The first-order valence-electron chi connectivity index (χ1n) is 8.69. The molecule has 1 aromatic carbocycles. The first-order chi connectivity index (χ1) is 11.7. The summed E-state index contributed by atoms with van der Waals surface area (Å²) in [6, 6.07) is 8.19. The van der Waals surface area contributed by atoms with Gasteiger partial charge >= 0.3 is 0 Å². The minimum Gasteiger partial charge on any atom is -0.492 e. The molecule has 0 aliphatic carbocycles. The third-order valence-electron chi connectivity index (χ3n) is 3.60. The second-order valence-electron chi connectivity index (χ2n) is 7.03. The zero-order valence-electron chi connectivity index (χ0n) is 16.3. The molecule has 0 spiro atoms. The number of hydrogen-bond donors (Lipinski definition) is 2. The molecule has 0 aliphatic heterocycles. The van der Waals surface area contributed by atoms with E-state index < -0.39 is 0 Å². The van der Waals surface area contributed by atoms with Gasteiger partial charge < -0.3 is 20.3 Å². The van der Waals surface area contributed by atoms with Gasteiger partial charge in [0.05, 0.1) is 6.54 Å². The van der Waals surface area contributed by atoms with E-state index in [0.717, 1.165) is 12.3 Å². The van der Waals surface area contributed by atoms with Crippen LogP contribution in [0.5, 0.6) is 5.75 Å². The summed E-state index contributed by atoms with van der Waals surface area (Å²) in [4.78, 5) is 17.4. The molecule has 0 saturated heterocycles. The predicted octanol–water partition coefficient (Wildman–Crippen LogP) is 2.01. The Balaban J connectivity index is 2.43. The normalized spacial score (nSPS) is 11.8. The van der Waals surface area contributed by atoms with Gasteiger partial charge in [0.25, 0.3) is 0 Å². The van der Waals surface area contributed by atoms with Crippen LogP contribution < -0.4 is 15.4 Å². The van der Waals surface area contributed by atoms with Gasteiger partial charge in [-0.1, -0.05) is 32.9 Å². The number of aliphatic imine (C=N–C) groups is 1. The average molecular weight is 348 g/mol. The molecule has 1 rings (SSSR count). The van der Waals surface area contributed by atoms with Crippen LogP contribution in [-0.4, -0.2) is 57.1 Å². The van der Waals surface area contributed by atoms with E-state index >= 15 is 0 Å². The number of rotatable bonds is 7. The van der Waals surface area contributed by atoms with Gasteiger partial charge in [0.15, 0.2) is 5.96 Å². The van der Waals surface area contributed by atoms with E-state index in [1.54, 1.807) is 14.1 Å². The zero-order valence-corrected chi connectivity index (χ0v) is 16.3. The van der Waals surface area contributed by atoms with Crippen LogP contribution in [0.25, 0.3) is 0 Å². The van der Waals surface area contributed by atoms with Crippen molar-refractivity contribution in [3.05, 3.63) is 29.8 Å². The maximum absolute atomic E-state index is 11.6. The number of ether oxygens (including phenoxy) is 1. The lowest BCUT2D eigenvalue weighted by atomic mass is 9.87. The van der Waals surface area contributed by atoms with Gasteiger partial charge in [-0.25, -0.2) is 4.99 Å². The standard InChI is InChI=1S/C19H32N4O2/c1-7-20-18(22-14-17(24)23(5)6)21-12-13-25-16-10-8-15(9-11-16)19(2,3)4/h8-11H,7,12-14H2,1-6H3,(H2,20,21,22). The van der Waals surface area contributed by atoms with Crippen LogP contribution in [0.2, 0.25) is 0 Å². The summed E-state index contributed by atoms with van der Waals surface area (Å²) in [6.45, 7) is 10.5. The van der Waals surface area contributed by atoms with E-state index in [1.807, 2.05) is 19.1 Å². The minimum absolute atomic E-state index is 0.0348. The van der Waals surface area contributed by atoms with Gasteiger partial charge in [0.1, 0.15) is 18.9 Å². The summed E-state index contributed by atoms with van der Waals surface area (Å²) in [5.74, 6) is 1.43. The molecule has 1 aromatic rings. The van der Waals surface area contributed by atoms with Crippen molar-refractivity contribution in [3.8, 4) is 5.75 Å². The number of guanidine groups is 1. The topological polar surface area (TPSA) is 66.0 Å². The SMILES string of the molecule is CCNC(=NCC(=O)N(C)C)NCCOc1ccc(C(C)(C)C)cc1. The van der Waals surface area contributed by atoms with E-state index in [4.69, 9.17) is 4.74 Å². The Hall–Kier alpha value is -2.24. The molecule has 0 atom stereocenters. The Kier molecular flexibility index (Phi) is 8.25. The molecular weight excluding hydrogens is 316 g/mol. The van der Waals surface area contributed by atoms with Crippen molar-refractivity contribution < 1.29 is 9.53 Å². The second-order valence-corrected chi connectivity index (χ2v) is 7.03. The first kappa shape index (κ1) is 20.8. The lowest BCUT2D eigenvalue weighted by Gasteiger charge is -2.19. The van der Waals surface area contributed by atoms with E-state index in [0.29, 0.717) is 19.1 Å². The molecule has 0 fully saturated rings. The highest BCUT2D eigenvalue weighted by molar-refractivity contribution is 5.84. The van der Waals surface area contributed by atoms with Gasteiger partial charge in [0.2, 0.25) is 5.91 Å². The average Bonchev–Trinajstić information content (AvgIpc) is 2.55. The summed E-state index contributed by atoms with van der Waals surface area (Å²) < 4.78 is 5.75. The molecule has 6 heteroatoms. The summed E-state index contributed by atoms with van der Waals surface area (Å²) in [5.41, 5.74) is 1.42. The third-order valence-corrected chi connectivity index (χ3v) is 3.60. The summed E-state index contributed by atoms with van der Waals surface area (Å²) >= 11 is 0. The van der Waals surface area contributed by atoms with Crippen molar-refractivity contribution in [2.75, 3.05) is 40.3 Å². The number of carbonyl (C=O) groups excluding carboxylic acids is 1. The van der Waals surface area contributed by atoms with Crippen molar-refractivity contribution in [2.45, 2.75) is 33.1 Å². The number of amides is 1. The van der Waals surface area contributed by atoms with Crippen LogP contribution in [0.15, 0.2) is 29.3 Å². The van der Waals surface area contributed by atoms with Crippen LogP contribution in [0.1, 0.15) is 33.3 Å². The fraction of sp³-hybridized carbons (Fsp3) is 0.579. The number of nitrogens with one attached hydrogen (secondary N) is 2. The minimum atomic E-state index is -0.0348. The van der Waals surface area contributed by atoms with Gasteiger partial charge in [-0.05, 0) is 30.0 Å². The van der Waals surface area contributed by atoms with Crippen molar-refractivity contribution in [1.29, 1.82) is 0 Å². The molecule has 2 N–H and O–H groups in total. The summed E-state index contributed by atoms with van der Waals surface area (Å²) in [5, 5.41) is 6.28. The first-order valence-corrected chi connectivity index (χ1v) is 8.69. The molecule has 0 aromatic heterocycles. The predicted molar refractivity (Wildman–Crippen MR) is 103 cm³/mol. The number of likely N-dealkylation sites (N-methyl/N-ethyl adjacent to an activating group) is 1. The molecule has 0 bridgehead atoms. The number of benzene rings is 1. The van der Waals surface area contributed by atoms with E-state index in [-0.39, 0.29) is 17.9 Å². The van der Waals surface area contributed by atoms with Crippen LogP contribution in [0, 0.1) is 0 Å². The number of nitrogens with zero attached hydrogens (tertiary/aromatic N) is 2. The lowest BCUT2D eigenvalue weighted by Crippen LogP contribution is -2.40. The second kappa shape index (κ2) is 9.91. The molecule has 0 heterocycles. The van der Waals surface area contributed by atoms with Gasteiger partial charge in [-0.2, -0.15) is 0 Å². The van der Waals surface area contributed by atoms with E-state index in [9.17, 15) is 4.79 Å². The Morgan fingerprint density at radius 1 is 1.16 bits per heavy atom. The molecular formula is C19H32N4O2. The van der Waals surface area contributed by atoms with Crippen molar-refractivity contribution in [1.82, 2.24) is 15.5 Å². The van der Waals surface area contributed by atoms with Crippen LogP contribution in [-0.2, 0) is 10.2 Å². The van der Waals surface area contributed by atoms with Crippen molar-refractivity contribution in [3.63, 3.8) is 0 Å². The van der Waals surface area contributed by atoms with Gasteiger partial charge in [0, 0.05) is 20.6 Å². The summed E-state index contributed by atoms with van der Waals surface area (Å²) in [7, 11) is 3.44. The molecule has 0 aliphatic rings. The molecule has 1 amide bonds. The maximum atomic E-state index is 11.6. The van der Waals surface area contributed by atoms with Crippen LogP contribution in [0.4, 0.5) is 0 Å². The maximum Gasteiger partial charge on any atom is 0.243 e. The van der Waals surface area contributed by atoms with Crippen molar-refractivity contribution >= 4 is 11.9 Å². The molecule has 0 unspecified atom stereocenters. The van der Waals surface area contributed by atoms with Crippen LogP contribution in [0.3, 0.4) is 0 Å². The van der Waals surface area contributed by atoms with E-state index in [1.165, 1.54) is 10.5 Å². The largest absolute Gasteiger partial charge is 0.492 e. The fourth-order valence-corrected chi connectivity index (χ4v) is 2.02. The number of hydrogen-bond acceptors (Lipinski definition) is 3. The third kappa shape index (κ3) is 7.92.